The highest BCUT2D eigenvalue weighted by atomic mass is 16.5. The summed E-state index contributed by atoms with van der Waals surface area (Å²) in [6.45, 7) is 0.920. The molecule has 1 saturated heterocycles. The van der Waals surface area contributed by atoms with Crippen LogP contribution in [0, 0.1) is 5.92 Å². The summed E-state index contributed by atoms with van der Waals surface area (Å²) in [6.07, 6.45) is 0.919. The van der Waals surface area contributed by atoms with Gasteiger partial charge in [-0.25, -0.2) is 0 Å². The van der Waals surface area contributed by atoms with Crippen LogP contribution < -0.4 is 11.1 Å². The van der Waals surface area contributed by atoms with Crippen molar-refractivity contribution in [2.24, 2.45) is 11.7 Å². The van der Waals surface area contributed by atoms with E-state index in [1.54, 1.807) is 36.4 Å². The lowest BCUT2D eigenvalue weighted by Crippen LogP contribution is -2.48. The predicted octanol–water partition coefficient (Wildman–Crippen LogP) is 1.47. The minimum absolute atomic E-state index is 0.0665. The summed E-state index contributed by atoms with van der Waals surface area (Å²) < 4.78 is 5.20. The normalized spacial score (nSPS) is 17.3. The van der Waals surface area contributed by atoms with E-state index in [2.05, 4.69) is 5.32 Å². The van der Waals surface area contributed by atoms with E-state index in [9.17, 15) is 14.4 Å². The molecular weight excluding hydrogens is 344 g/mol. The fourth-order valence-corrected chi connectivity index (χ4v) is 3.04. The average Bonchev–Trinajstić information content (AvgIpc) is 3.23. The number of primary amides is 1. The summed E-state index contributed by atoms with van der Waals surface area (Å²) in [4.78, 5) is 36.4. The van der Waals surface area contributed by atoms with Gasteiger partial charge in [0.2, 0.25) is 11.8 Å². The van der Waals surface area contributed by atoms with Crippen molar-refractivity contribution in [1.82, 2.24) is 5.32 Å². The van der Waals surface area contributed by atoms with Crippen LogP contribution in [0.5, 0.6) is 0 Å². The van der Waals surface area contributed by atoms with Gasteiger partial charge in [-0.2, -0.15) is 0 Å². The van der Waals surface area contributed by atoms with E-state index in [0.717, 1.165) is 5.56 Å². The number of hydrogen-bond acceptors (Lipinski definition) is 4. The van der Waals surface area contributed by atoms with Crippen molar-refractivity contribution in [2.45, 2.75) is 18.9 Å². The van der Waals surface area contributed by atoms with Gasteiger partial charge < -0.3 is 15.8 Å². The largest absolute Gasteiger partial charge is 0.381 e. The van der Waals surface area contributed by atoms with Gasteiger partial charge in [0, 0.05) is 24.2 Å². The van der Waals surface area contributed by atoms with Crippen LogP contribution in [0.2, 0.25) is 0 Å². The molecule has 0 bridgehead atoms. The summed E-state index contributed by atoms with van der Waals surface area (Å²) in [5, 5.41) is 2.71. The molecule has 0 aromatic heterocycles. The first-order valence-electron chi connectivity index (χ1n) is 8.90. The molecule has 1 heterocycles. The van der Waals surface area contributed by atoms with Crippen LogP contribution in [0.15, 0.2) is 54.6 Å². The number of ether oxygens (including phenoxy) is 1. The van der Waals surface area contributed by atoms with Crippen molar-refractivity contribution < 1.29 is 19.1 Å². The molecule has 2 amide bonds. The minimum Gasteiger partial charge on any atom is -0.381 e. The zero-order chi connectivity index (χ0) is 19.2. The first-order chi connectivity index (χ1) is 13.0. The molecule has 0 radical (unpaired) electrons. The molecule has 2 aromatic carbocycles. The second kappa shape index (κ2) is 8.60. The molecule has 2 atom stereocenters. The number of carbonyl (C=O) groups excluding carboxylic acids is 3. The maximum Gasteiger partial charge on any atom is 0.240 e. The number of nitrogens with two attached hydrogens (primary N) is 1. The fourth-order valence-electron chi connectivity index (χ4n) is 3.04. The SMILES string of the molecule is NC(=O)[C@H](Cc1ccc(C(=O)c2ccccc2)cc1)NC(=O)[C@H]1CCOC1. The van der Waals surface area contributed by atoms with E-state index < -0.39 is 11.9 Å². The molecule has 1 fully saturated rings. The lowest BCUT2D eigenvalue weighted by molar-refractivity contribution is -0.129. The molecule has 0 spiro atoms. The van der Waals surface area contributed by atoms with Crippen LogP contribution in [-0.2, 0) is 20.7 Å². The van der Waals surface area contributed by atoms with Gasteiger partial charge in [-0.05, 0) is 12.0 Å². The zero-order valence-corrected chi connectivity index (χ0v) is 14.9. The van der Waals surface area contributed by atoms with E-state index in [-0.39, 0.29) is 24.0 Å². The summed E-state index contributed by atoms with van der Waals surface area (Å²) in [6, 6.07) is 15.2. The molecule has 0 aliphatic carbocycles. The average molecular weight is 366 g/mol. The highest BCUT2D eigenvalue weighted by Crippen LogP contribution is 2.14. The van der Waals surface area contributed by atoms with E-state index in [4.69, 9.17) is 10.5 Å². The van der Waals surface area contributed by atoms with Crippen LogP contribution in [0.25, 0.3) is 0 Å². The van der Waals surface area contributed by atoms with Crippen molar-refractivity contribution in [3.05, 3.63) is 71.3 Å². The Balaban J connectivity index is 1.65. The van der Waals surface area contributed by atoms with Crippen molar-refractivity contribution in [3.63, 3.8) is 0 Å². The van der Waals surface area contributed by atoms with Crippen molar-refractivity contribution in [3.8, 4) is 0 Å². The Hall–Kier alpha value is -2.99. The van der Waals surface area contributed by atoms with Gasteiger partial charge in [0.15, 0.2) is 5.78 Å². The lowest BCUT2D eigenvalue weighted by atomic mass is 9.99. The smallest absolute Gasteiger partial charge is 0.240 e. The first-order valence-corrected chi connectivity index (χ1v) is 8.90. The molecule has 0 unspecified atom stereocenters. The maximum atomic E-state index is 12.4. The number of ketones is 1. The molecule has 6 heteroatoms. The lowest BCUT2D eigenvalue weighted by Gasteiger charge is -2.18. The molecule has 1 aliphatic rings. The van der Waals surface area contributed by atoms with Gasteiger partial charge in [-0.3, -0.25) is 14.4 Å². The number of rotatable bonds is 7. The van der Waals surface area contributed by atoms with Crippen molar-refractivity contribution in [1.29, 1.82) is 0 Å². The van der Waals surface area contributed by atoms with Crippen LogP contribution in [0.3, 0.4) is 0 Å². The highest BCUT2D eigenvalue weighted by Gasteiger charge is 2.27. The zero-order valence-electron chi connectivity index (χ0n) is 14.9. The molecule has 6 nitrogen and oxygen atoms in total. The van der Waals surface area contributed by atoms with Crippen LogP contribution in [-0.4, -0.2) is 36.9 Å². The number of hydrogen-bond donors (Lipinski definition) is 2. The quantitative estimate of drug-likeness (QED) is 0.725. The molecule has 3 N–H and O–H groups in total. The number of nitrogens with one attached hydrogen (secondary N) is 1. The summed E-state index contributed by atoms with van der Waals surface area (Å²) >= 11 is 0. The Bertz CT molecular complexity index is 812. The van der Waals surface area contributed by atoms with Gasteiger partial charge in [0.1, 0.15) is 6.04 Å². The van der Waals surface area contributed by atoms with E-state index >= 15 is 0 Å². The highest BCUT2D eigenvalue weighted by molar-refractivity contribution is 6.08. The summed E-state index contributed by atoms with van der Waals surface area (Å²) in [5.41, 5.74) is 7.44. The second-order valence-corrected chi connectivity index (χ2v) is 6.62. The third kappa shape index (κ3) is 4.80. The molecule has 1 aliphatic heterocycles. The fraction of sp³-hybridized carbons (Fsp3) is 0.286. The topological polar surface area (TPSA) is 98.5 Å². The number of carbonyl (C=O) groups is 3. The van der Waals surface area contributed by atoms with Crippen LogP contribution in [0.1, 0.15) is 27.9 Å². The van der Waals surface area contributed by atoms with Gasteiger partial charge in [0.05, 0.1) is 12.5 Å². The van der Waals surface area contributed by atoms with Crippen molar-refractivity contribution in [2.75, 3.05) is 13.2 Å². The van der Waals surface area contributed by atoms with Gasteiger partial charge in [-0.15, -0.1) is 0 Å². The third-order valence-electron chi connectivity index (χ3n) is 4.65. The van der Waals surface area contributed by atoms with E-state index in [0.29, 0.717) is 30.8 Å². The first kappa shape index (κ1) is 18.8. The Morgan fingerprint density at radius 3 is 2.30 bits per heavy atom. The third-order valence-corrected chi connectivity index (χ3v) is 4.65. The summed E-state index contributed by atoms with van der Waals surface area (Å²) in [7, 11) is 0. The van der Waals surface area contributed by atoms with Crippen LogP contribution >= 0.6 is 0 Å². The number of benzene rings is 2. The maximum absolute atomic E-state index is 12.4. The molecule has 140 valence electrons. The molecule has 2 aromatic rings. The Kier molecular flexibility index (Phi) is 5.98. The standard InChI is InChI=1S/C21H22N2O4/c22-20(25)18(23-21(26)17-10-11-27-13-17)12-14-6-8-16(9-7-14)19(24)15-4-2-1-3-5-15/h1-9,17-18H,10-13H2,(H2,22,25)(H,23,26)/t17-,18-/m0/s1. The minimum atomic E-state index is -0.797. The van der Waals surface area contributed by atoms with Gasteiger partial charge in [-0.1, -0.05) is 54.6 Å². The molecule has 27 heavy (non-hydrogen) atoms. The Labute approximate surface area is 157 Å². The predicted molar refractivity (Wildman–Crippen MR) is 100 cm³/mol. The van der Waals surface area contributed by atoms with E-state index in [1.165, 1.54) is 0 Å². The van der Waals surface area contributed by atoms with Crippen molar-refractivity contribution >= 4 is 17.6 Å². The van der Waals surface area contributed by atoms with Gasteiger partial charge in [0.25, 0.3) is 0 Å². The number of amides is 2. The van der Waals surface area contributed by atoms with Gasteiger partial charge >= 0.3 is 0 Å². The molecular formula is C21H22N2O4. The Morgan fingerprint density at radius 2 is 1.70 bits per heavy atom. The van der Waals surface area contributed by atoms with E-state index in [1.807, 2.05) is 18.2 Å². The molecule has 0 saturated carbocycles. The van der Waals surface area contributed by atoms with Crippen LogP contribution in [0.4, 0.5) is 0 Å². The Morgan fingerprint density at radius 1 is 1.04 bits per heavy atom. The monoisotopic (exact) mass is 366 g/mol. The second-order valence-electron chi connectivity index (χ2n) is 6.62. The summed E-state index contributed by atoms with van der Waals surface area (Å²) in [5.74, 6) is -1.11. The molecule has 3 rings (SSSR count).